The molecular formula is C20H24FN3O2S. The van der Waals surface area contributed by atoms with E-state index in [4.69, 9.17) is 4.74 Å². The van der Waals surface area contributed by atoms with Crippen molar-refractivity contribution in [2.75, 3.05) is 32.8 Å². The lowest BCUT2D eigenvalue weighted by Crippen LogP contribution is -2.45. The quantitative estimate of drug-likeness (QED) is 0.853. The first kappa shape index (κ1) is 18.5. The lowest BCUT2D eigenvalue weighted by atomic mass is 10.0. The molecule has 0 aliphatic carbocycles. The third-order valence-electron chi connectivity index (χ3n) is 5.30. The van der Waals surface area contributed by atoms with E-state index in [1.807, 2.05) is 0 Å². The number of carbonyl (C=O) groups excluding carboxylic acids is 1. The SMILES string of the molecule is O=C(NC1CCN(CC2CCOC2)CC1)c1cnc(-c2ccccc2F)s1. The molecule has 0 radical (unpaired) electrons. The van der Waals surface area contributed by atoms with Gasteiger partial charge in [0, 0.05) is 37.8 Å². The molecule has 7 heteroatoms. The first-order valence-electron chi connectivity index (χ1n) is 9.51. The fourth-order valence-electron chi connectivity index (χ4n) is 3.75. The van der Waals surface area contributed by atoms with Crippen LogP contribution >= 0.6 is 11.3 Å². The Morgan fingerprint density at radius 1 is 1.30 bits per heavy atom. The van der Waals surface area contributed by atoms with E-state index in [1.54, 1.807) is 18.2 Å². The number of nitrogens with zero attached hydrogens (tertiary/aromatic N) is 2. The smallest absolute Gasteiger partial charge is 0.263 e. The second-order valence-corrected chi connectivity index (χ2v) is 8.32. The molecule has 1 aromatic carbocycles. The highest BCUT2D eigenvalue weighted by Gasteiger charge is 2.25. The average Bonchev–Trinajstić information content (AvgIpc) is 3.36. The molecule has 2 saturated heterocycles. The van der Waals surface area contributed by atoms with Crippen LogP contribution in [0, 0.1) is 11.7 Å². The maximum absolute atomic E-state index is 13.9. The van der Waals surface area contributed by atoms with Crippen LogP contribution in [-0.4, -0.2) is 54.7 Å². The molecule has 27 heavy (non-hydrogen) atoms. The van der Waals surface area contributed by atoms with Gasteiger partial charge in [-0.05, 0) is 37.3 Å². The molecule has 2 aliphatic heterocycles. The Balaban J connectivity index is 1.29. The molecule has 144 valence electrons. The molecule has 5 nitrogen and oxygen atoms in total. The van der Waals surface area contributed by atoms with Gasteiger partial charge < -0.3 is 15.0 Å². The van der Waals surface area contributed by atoms with Gasteiger partial charge >= 0.3 is 0 Å². The minimum atomic E-state index is -0.321. The van der Waals surface area contributed by atoms with Crippen molar-refractivity contribution in [3.05, 3.63) is 41.2 Å². The van der Waals surface area contributed by atoms with Crippen molar-refractivity contribution in [3.63, 3.8) is 0 Å². The van der Waals surface area contributed by atoms with Crippen LogP contribution in [0.15, 0.2) is 30.5 Å². The Kier molecular flexibility index (Phi) is 5.80. The van der Waals surface area contributed by atoms with Gasteiger partial charge in [-0.15, -0.1) is 11.3 Å². The lowest BCUT2D eigenvalue weighted by molar-refractivity contribution is 0.0907. The van der Waals surface area contributed by atoms with Gasteiger partial charge in [-0.3, -0.25) is 4.79 Å². The summed E-state index contributed by atoms with van der Waals surface area (Å²) in [4.78, 5) is 19.8. The Morgan fingerprint density at radius 2 is 2.11 bits per heavy atom. The summed E-state index contributed by atoms with van der Waals surface area (Å²) in [5, 5.41) is 3.65. The third kappa shape index (κ3) is 4.54. The zero-order chi connectivity index (χ0) is 18.6. The van der Waals surface area contributed by atoms with E-state index in [-0.39, 0.29) is 17.8 Å². The zero-order valence-electron chi connectivity index (χ0n) is 15.2. The van der Waals surface area contributed by atoms with Crippen molar-refractivity contribution < 1.29 is 13.9 Å². The van der Waals surface area contributed by atoms with Gasteiger partial charge in [-0.1, -0.05) is 12.1 Å². The monoisotopic (exact) mass is 389 g/mol. The number of amides is 1. The van der Waals surface area contributed by atoms with Crippen molar-refractivity contribution in [1.82, 2.24) is 15.2 Å². The first-order chi connectivity index (χ1) is 13.2. The van der Waals surface area contributed by atoms with Gasteiger partial charge in [0.05, 0.1) is 12.8 Å². The molecule has 0 saturated carbocycles. The molecule has 1 amide bonds. The Hall–Kier alpha value is -1.83. The van der Waals surface area contributed by atoms with Gasteiger partial charge in [0.2, 0.25) is 0 Å². The van der Waals surface area contributed by atoms with E-state index in [0.717, 1.165) is 52.1 Å². The topological polar surface area (TPSA) is 54.5 Å². The second-order valence-electron chi connectivity index (χ2n) is 7.29. The van der Waals surface area contributed by atoms with Gasteiger partial charge in [-0.2, -0.15) is 0 Å². The first-order valence-corrected chi connectivity index (χ1v) is 10.3. The second kappa shape index (κ2) is 8.46. The predicted molar refractivity (Wildman–Crippen MR) is 103 cm³/mol. The van der Waals surface area contributed by atoms with E-state index < -0.39 is 0 Å². The zero-order valence-corrected chi connectivity index (χ0v) is 16.0. The molecule has 4 rings (SSSR count). The normalized spacial score (nSPS) is 21.4. The molecule has 0 bridgehead atoms. The maximum atomic E-state index is 13.9. The fourth-order valence-corrected chi connectivity index (χ4v) is 4.59. The summed E-state index contributed by atoms with van der Waals surface area (Å²) in [5.41, 5.74) is 0.436. The minimum Gasteiger partial charge on any atom is -0.381 e. The van der Waals surface area contributed by atoms with Crippen LogP contribution in [0.3, 0.4) is 0 Å². The van der Waals surface area contributed by atoms with Crippen LogP contribution in [0.5, 0.6) is 0 Å². The van der Waals surface area contributed by atoms with Gasteiger partial charge in [0.25, 0.3) is 5.91 Å². The molecule has 3 heterocycles. The van der Waals surface area contributed by atoms with E-state index in [9.17, 15) is 9.18 Å². The van der Waals surface area contributed by atoms with E-state index in [2.05, 4.69) is 15.2 Å². The number of rotatable bonds is 5. The molecule has 1 unspecified atom stereocenters. The lowest BCUT2D eigenvalue weighted by Gasteiger charge is -2.33. The highest BCUT2D eigenvalue weighted by Crippen LogP contribution is 2.27. The van der Waals surface area contributed by atoms with Crippen LogP contribution in [0.2, 0.25) is 0 Å². The number of aromatic nitrogens is 1. The Labute approximate surface area is 162 Å². The number of benzene rings is 1. The van der Waals surface area contributed by atoms with Gasteiger partial charge in [0.15, 0.2) is 0 Å². The number of hydrogen-bond acceptors (Lipinski definition) is 5. The highest BCUT2D eigenvalue weighted by atomic mass is 32.1. The summed E-state index contributed by atoms with van der Waals surface area (Å²) in [6.45, 7) is 4.88. The molecule has 1 N–H and O–H groups in total. The largest absolute Gasteiger partial charge is 0.381 e. The standard InChI is InChI=1S/C20H24FN3O2S/c21-17-4-2-1-3-16(17)20-22-11-18(27-20)19(25)23-15-5-8-24(9-6-15)12-14-7-10-26-13-14/h1-4,11,14-15H,5-10,12-13H2,(H,23,25). The number of hydrogen-bond donors (Lipinski definition) is 1. The molecule has 1 aromatic heterocycles. The molecule has 2 fully saturated rings. The maximum Gasteiger partial charge on any atom is 0.263 e. The summed E-state index contributed by atoms with van der Waals surface area (Å²) in [5.74, 6) is 0.224. The molecule has 2 aliphatic rings. The van der Waals surface area contributed by atoms with Gasteiger partial charge in [0.1, 0.15) is 15.7 Å². The van der Waals surface area contributed by atoms with E-state index in [1.165, 1.54) is 23.6 Å². The Bertz CT molecular complexity index is 783. The number of halogens is 1. The number of likely N-dealkylation sites (tertiary alicyclic amines) is 1. The summed E-state index contributed by atoms with van der Waals surface area (Å²) < 4.78 is 19.3. The number of piperidine rings is 1. The molecule has 1 atom stereocenters. The van der Waals surface area contributed by atoms with Crippen LogP contribution in [-0.2, 0) is 4.74 Å². The van der Waals surface area contributed by atoms with Crippen LogP contribution < -0.4 is 5.32 Å². The van der Waals surface area contributed by atoms with Crippen LogP contribution in [0.25, 0.3) is 10.6 Å². The number of carbonyl (C=O) groups is 1. The van der Waals surface area contributed by atoms with Crippen molar-refractivity contribution >= 4 is 17.2 Å². The summed E-state index contributed by atoms with van der Waals surface area (Å²) in [7, 11) is 0. The van der Waals surface area contributed by atoms with Crippen molar-refractivity contribution in [1.29, 1.82) is 0 Å². The minimum absolute atomic E-state index is 0.113. The number of thiazole rings is 1. The average molecular weight is 389 g/mol. The summed E-state index contributed by atoms with van der Waals surface area (Å²) in [6.07, 6.45) is 4.61. The van der Waals surface area contributed by atoms with E-state index >= 15 is 0 Å². The van der Waals surface area contributed by atoms with Crippen LogP contribution in [0.4, 0.5) is 4.39 Å². The number of ether oxygens (including phenoxy) is 1. The van der Waals surface area contributed by atoms with Gasteiger partial charge in [-0.25, -0.2) is 9.37 Å². The molecule has 2 aromatic rings. The number of nitrogens with one attached hydrogen (secondary N) is 1. The Morgan fingerprint density at radius 3 is 2.85 bits per heavy atom. The summed E-state index contributed by atoms with van der Waals surface area (Å²) in [6, 6.07) is 6.69. The predicted octanol–water partition coefficient (Wildman–Crippen LogP) is 3.18. The van der Waals surface area contributed by atoms with Crippen molar-refractivity contribution in [2.24, 2.45) is 5.92 Å². The molecular weight excluding hydrogens is 365 g/mol. The van der Waals surface area contributed by atoms with Crippen molar-refractivity contribution in [3.8, 4) is 10.6 Å². The fraction of sp³-hybridized carbons (Fsp3) is 0.500. The summed E-state index contributed by atoms with van der Waals surface area (Å²) >= 11 is 1.23. The highest BCUT2D eigenvalue weighted by molar-refractivity contribution is 7.16. The van der Waals surface area contributed by atoms with Crippen LogP contribution in [0.1, 0.15) is 28.9 Å². The molecule has 0 spiro atoms. The van der Waals surface area contributed by atoms with E-state index in [0.29, 0.717) is 21.4 Å². The van der Waals surface area contributed by atoms with Crippen molar-refractivity contribution in [2.45, 2.75) is 25.3 Å². The third-order valence-corrected chi connectivity index (χ3v) is 6.33.